The van der Waals surface area contributed by atoms with E-state index in [4.69, 9.17) is 0 Å². The van der Waals surface area contributed by atoms with Gasteiger partial charge in [-0.25, -0.2) is 13.4 Å². The maximum Gasteiger partial charge on any atom is 0.217 e. The van der Waals surface area contributed by atoms with Crippen LogP contribution in [0.5, 0.6) is 0 Å². The van der Waals surface area contributed by atoms with Gasteiger partial charge in [0.15, 0.2) is 5.84 Å². The van der Waals surface area contributed by atoms with Gasteiger partial charge in [-0.1, -0.05) is 90.9 Å². The molecule has 0 unspecified atom stereocenters. The van der Waals surface area contributed by atoms with Gasteiger partial charge >= 0.3 is 0 Å². The molecule has 0 aliphatic carbocycles. The number of nitrogens with two attached hydrogens (primary N) is 1. The number of amidine groups is 1. The van der Waals surface area contributed by atoms with E-state index in [0.717, 1.165) is 12.5 Å². The lowest BCUT2D eigenvalue weighted by atomic mass is 10.0. The van der Waals surface area contributed by atoms with Crippen molar-refractivity contribution in [2.45, 2.75) is 111 Å². The highest BCUT2D eigenvalue weighted by Crippen LogP contribution is 2.14. The van der Waals surface area contributed by atoms with Gasteiger partial charge in [0.1, 0.15) is 6.54 Å². The summed E-state index contributed by atoms with van der Waals surface area (Å²) in [4.78, 5) is 4.50. The van der Waals surface area contributed by atoms with Gasteiger partial charge in [0, 0.05) is 6.42 Å². The van der Waals surface area contributed by atoms with Crippen molar-refractivity contribution in [3.63, 3.8) is 0 Å². The zero-order valence-electron chi connectivity index (χ0n) is 19.2. The maximum absolute atomic E-state index is 9.45. The zero-order chi connectivity index (χ0) is 21.8. The van der Waals surface area contributed by atoms with Crippen LogP contribution in [0.15, 0.2) is 4.99 Å². The predicted molar refractivity (Wildman–Crippen MR) is 120 cm³/mol. The van der Waals surface area contributed by atoms with Crippen LogP contribution in [0.4, 0.5) is 0 Å². The molecule has 29 heavy (non-hydrogen) atoms. The SMILES string of the molecule is CC(C)CCCCCCCCCCCCCCC1=NCC[NH2+]1.CCOS(=O)(=O)[O-]. The first-order valence-corrected chi connectivity index (χ1v) is 13.1. The molecule has 0 amide bonds. The van der Waals surface area contributed by atoms with Crippen LogP contribution in [0, 0.1) is 5.92 Å². The Morgan fingerprint density at radius 1 is 0.931 bits per heavy atom. The molecule has 1 heterocycles. The summed E-state index contributed by atoms with van der Waals surface area (Å²) >= 11 is 0. The van der Waals surface area contributed by atoms with Crippen LogP contribution < -0.4 is 5.32 Å². The fraction of sp³-hybridized carbons (Fsp3) is 0.955. The van der Waals surface area contributed by atoms with E-state index in [1.54, 1.807) is 0 Å². The van der Waals surface area contributed by atoms with E-state index in [1.165, 1.54) is 109 Å². The molecule has 0 aromatic rings. The Morgan fingerprint density at radius 2 is 1.41 bits per heavy atom. The highest BCUT2D eigenvalue weighted by molar-refractivity contribution is 7.80. The van der Waals surface area contributed by atoms with Gasteiger partial charge in [0.25, 0.3) is 0 Å². The molecule has 1 aliphatic rings. The molecule has 7 heteroatoms. The van der Waals surface area contributed by atoms with Crippen LogP contribution in [-0.4, -0.2) is 38.5 Å². The first kappa shape index (κ1) is 28.5. The van der Waals surface area contributed by atoms with E-state index in [1.807, 2.05) is 0 Å². The average molecular weight is 435 g/mol. The lowest BCUT2D eigenvalue weighted by Crippen LogP contribution is -2.85. The smallest absolute Gasteiger partial charge is 0.217 e. The van der Waals surface area contributed by atoms with E-state index >= 15 is 0 Å². The van der Waals surface area contributed by atoms with Gasteiger partial charge in [0.2, 0.25) is 10.4 Å². The van der Waals surface area contributed by atoms with Crippen molar-refractivity contribution in [3.05, 3.63) is 0 Å². The van der Waals surface area contributed by atoms with Gasteiger partial charge < -0.3 is 4.55 Å². The Morgan fingerprint density at radius 3 is 1.76 bits per heavy atom. The van der Waals surface area contributed by atoms with Crippen molar-refractivity contribution in [2.75, 3.05) is 19.7 Å². The van der Waals surface area contributed by atoms with E-state index in [-0.39, 0.29) is 6.61 Å². The molecule has 1 aliphatic heterocycles. The topological polar surface area (TPSA) is 95.4 Å². The Balaban J connectivity index is 0.000000956. The van der Waals surface area contributed by atoms with E-state index in [9.17, 15) is 13.0 Å². The molecule has 0 fully saturated rings. The molecule has 0 atom stereocenters. The van der Waals surface area contributed by atoms with Gasteiger partial charge in [-0.15, -0.1) is 0 Å². The molecule has 2 N–H and O–H groups in total. The van der Waals surface area contributed by atoms with Gasteiger partial charge in [0.05, 0.1) is 13.2 Å². The van der Waals surface area contributed by atoms with Crippen LogP contribution in [0.25, 0.3) is 0 Å². The molecule has 1 rings (SSSR count). The van der Waals surface area contributed by atoms with Crippen molar-refractivity contribution in [1.82, 2.24) is 0 Å². The van der Waals surface area contributed by atoms with Crippen molar-refractivity contribution >= 4 is 16.2 Å². The molecule has 0 aromatic carbocycles. The third-order valence-electron chi connectivity index (χ3n) is 5.05. The number of nitrogens with zero attached hydrogens (tertiary/aromatic N) is 1. The Kier molecular flexibility index (Phi) is 19.1. The fourth-order valence-corrected chi connectivity index (χ4v) is 3.74. The summed E-state index contributed by atoms with van der Waals surface area (Å²) < 4.78 is 32.0. The summed E-state index contributed by atoms with van der Waals surface area (Å²) in [5.41, 5.74) is 0. The molecule has 0 aromatic heterocycles. The fourth-order valence-electron chi connectivity index (χ4n) is 3.46. The number of hydrogen-bond donors (Lipinski definition) is 1. The van der Waals surface area contributed by atoms with Crippen LogP contribution in [0.1, 0.15) is 111 Å². The van der Waals surface area contributed by atoms with Crippen molar-refractivity contribution in [1.29, 1.82) is 0 Å². The first-order chi connectivity index (χ1) is 13.8. The zero-order valence-corrected chi connectivity index (χ0v) is 20.0. The Labute approximate surface area is 180 Å². The summed E-state index contributed by atoms with van der Waals surface area (Å²) in [6.45, 7) is 8.24. The van der Waals surface area contributed by atoms with Crippen LogP contribution in [-0.2, 0) is 14.6 Å². The second-order valence-corrected chi connectivity index (χ2v) is 9.41. The van der Waals surface area contributed by atoms with Crippen molar-refractivity contribution < 1.29 is 22.5 Å². The van der Waals surface area contributed by atoms with Gasteiger partial charge in [-0.3, -0.25) is 9.50 Å². The van der Waals surface area contributed by atoms with E-state index in [2.05, 4.69) is 28.3 Å². The molecule has 0 radical (unpaired) electrons. The second-order valence-electron chi connectivity index (χ2n) is 8.36. The predicted octanol–water partition coefficient (Wildman–Crippen LogP) is 4.56. The largest absolute Gasteiger partial charge is 0.726 e. The minimum Gasteiger partial charge on any atom is -0.726 e. The summed E-state index contributed by atoms with van der Waals surface area (Å²) in [6, 6.07) is 0. The normalized spacial score (nSPS) is 14.0. The first-order valence-electron chi connectivity index (χ1n) is 11.8. The molecule has 0 spiro atoms. The number of rotatable bonds is 17. The number of unbranched alkanes of at least 4 members (excludes halogenated alkanes) is 11. The molecule has 174 valence electrons. The molecular weight excluding hydrogens is 388 g/mol. The third kappa shape index (κ3) is 23.6. The molecule has 0 saturated heterocycles. The third-order valence-corrected chi connectivity index (χ3v) is 5.57. The molecule has 0 saturated carbocycles. The lowest BCUT2D eigenvalue weighted by Gasteiger charge is -2.04. The minimum absolute atomic E-state index is 0.0914. The van der Waals surface area contributed by atoms with Crippen LogP contribution in [0.2, 0.25) is 0 Å². The summed E-state index contributed by atoms with van der Waals surface area (Å²) in [5, 5.41) is 2.32. The summed E-state index contributed by atoms with van der Waals surface area (Å²) in [6.07, 6.45) is 20.0. The molecule has 6 nitrogen and oxygen atoms in total. The van der Waals surface area contributed by atoms with Gasteiger partial charge in [-0.05, 0) is 19.3 Å². The highest BCUT2D eigenvalue weighted by atomic mass is 32.3. The lowest BCUT2D eigenvalue weighted by molar-refractivity contribution is -0.530. The van der Waals surface area contributed by atoms with E-state index in [0.29, 0.717) is 0 Å². The van der Waals surface area contributed by atoms with Crippen molar-refractivity contribution in [3.8, 4) is 0 Å². The monoisotopic (exact) mass is 434 g/mol. The quantitative estimate of drug-likeness (QED) is 0.206. The maximum atomic E-state index is 9.45. The second kappa shape index (κ2) is 19.5. The van der Waals surface area contributed by atoms with Crippen LogP contribution in [0.3, 0.4) is 0 Å². The standard InChI is InChI=1S/C20H40N2.C2H6O4S/c1-19(2)15-13-11-9-7-5-3-4-6-8-10-12-14-16-20-21-17-18-22-20;1-2-6-7(3,4)5/h19H,3-18H2,1-2H3,(H,21,22);2H2,1H3,(H,3,4,5). The Bertz CT molecular complexity index is 493. The molecule has 0 bridgehead atoms. The van der Waals surface area contributed by atoms with Gasteiger partial charge in [-0.2, -0.15) is 0 Å². The van der Waals surface area contributed by atoms with E-state index < -0.39 is 10.4 Å². The minimum atomic E-state index is -4.42. The summed E-state index contributed by atoms with van der Waals surface area (Å²) in [5.74, 6) is 2.28. The number of quaternary nitrogens is 1. The number of hydrogen-bond acceptors (Lipinski definition) is 5. The Hall–Kier alpha value is -0.500. The summed E-state index contributed by atoms with van der Waals surface area (Å²) in [7, 11) is -4.42. The highest BCUT2D eigenvalue weighted by Gasteiger charge is 2.08. The molecular formula is C22H46N2O4S. The average Bonchev–Trinajstić information content (AvgIpc) is 3.15. The number of aliphatic imine (C=N–C) groups is 1. The van der Waals surface area contributed by atoms with Crippen molar-refractivity contribution in [2.24, 2.45) is 10.9 Å². The van der Waals surface area contributed by atoms with Crippen LogP contribution >= 0.6 is 0 Å².